The Morgan fingerprint density at radius 1 is 1.17 bits per heavy atom. The summed E-state index contributed by atoms with van der Waals surface area (Å²) in [6, 6.07) is -1.64. The van der Waals surface area contributed by atoms with Gasteiger partial charge in [-0.25, -0.2) is 0 Å². The first-order valence-corrected chi connectivity index (χ1v) is 7.74. The van der Waals surface area contributed by atoms with Crippen molar-refractivity contribution in [1.82, 2.24) is 10.6 Å². The van der Waals surface area contributed by atoms with Crippen LogP contribution in [0.5, 0.6) is 0 Å². The monoisotopic (exact) mass is 344 g/mol. The number of nitrogens with two attached hydrogens (primary N) is 3. The molecular formula is C14H28N6O4. The Bertz CT molecular complexity index is 462. The van der Waals surface area contributed by atoms with E-state index in [9.17, 15) is 14.4 Å². The van der Waals surface area contributed by atoms with Crippen LogP contribution in [0.2, 0.25) is 0 Å². The van der Waals surface area contributed by atoms with Gasteiger partial charge in [0.25, 0.3) is 0 Å². The summed E-state index contributed by atoms with van der Waals surface area (Å²) in [4.78, 5) is 38.5. The molecule has 24 heavy (non-hydrogen) atoms. The van der Waals surface area contributed by atoms with Crippen molar-refractivity contribution in [1.29, 1.82) is 0 Å². The number of aliphatic carboxylic acids is 1. The summed E-state index contributed by atoms with van der Waals surface area (Å²) >= 11 is 0. The fourth-order valence-electron chi connectivity index (χ4n) is 1.95. The van der Waals surface area contributed by atoms with E-state index in [-0.39, 0.29) is 18.3 Å². The smallest absolute Gasteiger partial charge is 0.322 e. The average molecular weight is 344 g/mol. The van der Waals surface area contributed by atoms with Crippen LogP contribution in [-0.4, -0.2) is 54.0 Å². The van der Waals surface area contributed by atoms with Crippen molar-refractivity contribution in [3.05, 3.63) is 0 Å². The van der Waals surface area contributed by atoms with Gasteiger partial charge in [-0.1, -0.05) is 13.8 Å². The van der Waals surface area contributed by atoms with E-state index in [1.807, 2.05) is 13.8 Å². The highest BCUT2D eigenvalue weighted by Crippen LogP contribution is 2.05. The molecule has 0 saturated carbocycles. The van der Waals surface area contributed by atoms with Gasteiger partial charge in [-0.2, -0.15) is 0 Å². The summed E-state index contributed by atoms with van der Waals surface area (Å²) in [6.07, 6.45) is 1.16. The van der Waals surface area contributed by atoms with Crippen molar-refractivity contribution in [2.45, 2.75) is 45.2 Å². The lowest BCUT2D eigenvalue weighted by Gasteiger charge is -2.21. The van der Waals surface area contributed by atoms with E-state index >= 15 is 0 Å². The minimum absolute atomic E-state index is 0.0649. The van der Waals surface area contributed by atoms with Crippen LogP contribution in [0.15, 0.2) is 4.99 Å². The number of amides is 2. The van der Waals surface area contributed by atoms with Crippen LogP contribution in [0.3, 0.4) is 0 Å². The van der Waals surface area contributed by atoms with Crippen molar-refractivity contribution in [2.24, 2.45) is 28.1 Å². The average Bonchev–Trinajstić information content (AvgIpc) is 2.46. The SMILES string of the molecule is CC(C)C[C@H](N)C(=O)N[C@@H](CCCN=C(N)N)C(=O)NCC(=O)O. The highest BCUT2D eigenvalue weighted by atomic mass is 16.4. The third-order valence-electron chi connectivity index (χ3n) is 3.05. The maximum absolute atomic E-state index is 12.1. The molecule has 0 aromatic heterocycles. The fourth-order valence-corrected chi connectivity index (χ4v) is 1.95. The summed E-state index contributed by atoms with van der Waals surface area (Å²) in [6.45, 7) is 3.62. The van der Waals surface area contributed by atoms with E-state index < -0.39 is 36.4 Å². The second-order valence-corrected chi connectivity index (χ2v) is 5.86. The van der Waals surface area contributed by atoms with Gasteiger partial charge in [-0.05, 0) is 25.2 Å². The maximum atomic E-state index is 12.1. The molecule has 0 aliphatic heterocycles. The van der Waals surface area contributed by atoms with Crippen LogP contribution < -0.4 is 27.8 Å². The minimum Gasteiger partial charge on any atom is -0.480 e. The topological polar surface area (TPSA) is 186 Å². The molecule has 0 radical (unpaired) electrons. The zero-order valence-corrected chi connectivity index (χ0v) is 14.1. The molecule has 0 bridgehead atoms. The first-order valence-electron chi connectivity index (χ1n) is 7.74. The standard InChI is InChI=1S/C14H28N6O4/c1-8(2)6-9(15)12(23)20-10(4-3-5-18-14(16)17)13(24)19-7-11(21)22/h8-10H,3-7,15H2,1-2H3,(H,19,24)(H,20,23)(H,21,22)(H4,16,17,18)/t9-,10-/m0/s1. The van der Waals surface area contributed by atoms with Crippen LogP contribution >= 0.6 is 0 Å². The number of nitrogens with one attached hydrogen (secondary N) is 2. The number of aliphatic imine (C=N–C) groups is 1. The molecule has 0 aliphatic carbocycles. The number of carbonyl (C=O) groups is 3. The Morgan fingerprint density at radius 2 is 1.79 bits per heavy atom. The second kappa shape index (κ2) is 11.2. The Labute approximate surface area is 141 Å². The lowest BCUT2D eigenvalue weighted by molar-refractivity contribution is -0.138. The van der Waals surface area contributed by atoms with Gasteiger partial charge in [-0.3, -0.25) is 19.4 Å². The molecule has 138 valence electrons. The molecule has 10 heteroatoms. The van der Waals surface area contributed by atoms with E-state index in [0.717, 1.165) is 0 Å². The molecule has 0 rings (SSSR count). The van der Waals surface area contributed by atoms with Crippen molar-refractivity contribution in [2.75, 3.05) is 13.1 Å². The van der Waals surface area contributed by atoms with E-state index in [4.69, 9.17) is 22.3 Å². The molecule has 0 saturated heterocycles. The summed E-state index contributed by atoms with van der Waals surface area (Å²) < 4.78 is 0. The van der Waals surface area contributed by atoms with Gasteiger partial charge in [0.2, 0.25) is 11.8 Å². The summed E-state index contributed by atoms with van der Waals surface area (Å²) in [7, 11) is 0. The largest absolute Gasteiger partial charge is 0.480 e. The van der Waals surface area contributed by atoms with Gasteiger partial charge >= 0.3 is 5.97 Å². The lowest BCUT2D eigenvalue weighted by atomic mass is 10.0. The van der Waals surface area contributed by atoms with E-state index in [1.165, 1.54) is 0 Å². The zero-order valence-electron chi connectivity index (χ0n) is 14.1. The first kappa shape index (κ1) is 21.6. The second-order valence-electron chi connectivity index (χ2n) is 5.86. The Balaban J connectivity index is 4.71. The number of carboxylic acid groups (broad SMARTS) is 1. The molecule has 0 spiro atoms. The normalized spacial score (nSPS) is 13.0. The summed E-state index contributed by atoms with van der Waals surface area (Å²) in [5.74, 6) is -2.06. The predicted octanol–water partition coefficient (Wildman–Crippen LogP) is -1.90. The van der Waals surface area contributed by atoms with Crippen LogP contribution in [0.25, 0.3) is 0 Å². The molecule has 0 aromatic rings. The molecular weight excluding hydrogens is 316 g/mol. The van der Waals surface area contributed by atoms with Gasteiger partial charge in [0.1, 0.15) is 12.6 Å². The van der Waals surface area contributed by atoms with Crippen molar-refractivity contribution in [3.8, 4) is 0 Å². The van der Waals surface area contributed by atoms with Crippen LogP contribution in [-0.2, 0) is 14.4 Å². The zero-order chi connectivity index (χ0) is 18.7. The third kappa shape index (κ3) is 10.4. The molecule has 9 N–H and O–H groups in total. The Kier molecular flexibility index (Phi) is 10.1. The number of guanidine groups is 1. The number of rotatable bonds is 11. The number of carboxylic acids is 1. The fraction of sp³-hybridized carbons (Fsp3) is 0.714. The van der Waals surface area contributed by atoms with Crippen molar-refractivity contribution >= 4 is 23.7 Å². The Hall–Kier alpha value is -2.36. The van der Waals surface area contributed by atoms with Crippen molar-refractivity contribution in [3.63, 3.8) is 0 Å². The number of hydrogen-bond donors (Lipinski definition) is 6. The maximum Gasteiger partial charge on any atom is 0.322 e. The molecule has 10 nitrogen and oxygen atoms in total. The highest BCUT2D eigenvalue weighted by Gasteiger charge is 2.24. The minimum atomic E-state index is -1.18. The molecule has 0 unspecified atom stereocenters. The third-order valence-corrected chi connectivity index (χ3v) is 3.05. The van der Waals surface area contributed by atoms with Gasteiger partial charge in [-0.15, -0.1) is 0 Å². The van der Waals surface area contributed by atoms with Gasteiger partial charge in [0.15, 0.2) is 5.96 Å². The number of carbonyl (C=O) groups excluding carboxylic acids is 2. The van der Waals surface area contributed by atoms with Crippen LogP contribution in [0.4, 0.5) is 0 Å². The first-order chi connectivity index (χ1) is 11.1. The molecule has 0 fully saturated rings. The Morgan fingerprint density at radius 3 is 2.29 bits per heavy atom. The van der Waals surface area contributed by atoms with Crippen LogP contribution in [0, 0.1) is 5.92 Å². The van der Waals surface area contributed by atoms with Gasteiger partial charge < -0.3 is 32.9 Å². The lowest BCUT2D eigenvalue weighted by Crippen LogP contribution is -2.52. The van der Waals surface area contributed by atoms with Gasteiger partial charge in [0.05, 0.1) is 6.04 Å². The van der Waals surface area contributed by atoms with E-state index in [0.29, 0.717) is 19.4 Å². The molecule has 0 aromatic carbocycles. The summed E-state index contributed by atoms with van der Waals surface area (Å²) in [5, 5.41) is 13.4. The molecule has 2 amide bonds. The highest BCUT2D eigenvalue weighted by molar-refractivity contribution is 5.90. The van der Waals surface area contributed by atoms with Crippen molar-refractivity contribution < 1.29 is 19.5 Å². The number of hydrogen-bond acceptors (Lipinski definition) is 5. The van der Waals surface area contributed by atoms with Crippen LogP contribution in [0.1, 0.15) is 33.1 Å². The number of nitrogens with zero attached hydrogens (tertiary/aromatic N) is 1. The predicted molar refractivity (Wildman–Crippen MR) is 89.9 cm³/mol. The summed E-state index contributed by atoms with van der Waals surface area (Å²) in [5.41, 5.74) is 16.2. The van der Waals surface area contributed by atoms with E-state index in [2.05, 4.69) is 15.6 Å². The van der Waals surface area contributed by atoms with Gasteiger partial charge in [0, 0.05) is 6.54 Å². The molecule has 2 atom stereocenters. The molecule has 0 heterocycles. The van der Waals surface area contributed by atoms with E-state index in [1.54, 1.807) is 0 Å². The quantitative estimate of drug-likeness (QED) is 0.143. The molecule has 0 aliphatic rings.